The maximum absolute atomic E-state index is 11.1. The zero-order chi connectivity index (χ0) is 23.8. The van der Waals surface area contributed by atoms with Crippen LogP contribution in [0.3, 0.4) is 0 Å². The third-order valence-corrected chi connectivity index (χ3v) is 7.97. The molecule has 0 fully saturated rings. The van der Waals surface area contributed by atoms with Crippen molar-refractivity contribution in [2.24, 2.45) is 0 Å². The number of methoxy groups -OCH3 is 1. The van der Waals surface area contributed by atoms with Crippen LogP contribution in [0, 0.1) is 3.82 Å². The predicted octanol–water partition coefficient (Wildman–Crippen LogP) is 7.33. The van der Waals surface area contributed by atoms with Gasteiger partial charge in [0.25, 0.3) is 0 Å². The highest BCUT2D eigenvalue weighted by Gasteiger charge is 2.13. The molecule has 1 aromatic heterocycles. The molecule has 174 valence electrons. The first-order chi connectivity index (χ1) is 15.9. The van der Waals surface area contributed by atoms with Crippen LogP contribution in [0.4, 0.5) is 0 Å². The summed E-state index contributed by atoms with van der Waals surface area (Å²) in [5.41, 5.74) is 1.64. The number of hydrogen-bond donors (Lipinski definition) is 1. The minimum Gasteiger partial charge on any atom is -0.493 e. The van der Waals surface area contributed by atoms with E-state index in [0.29, 0.717) is 23.7 Å². The van der Waals surface area contributed by atoms with Gasteiger partial charge < -0.3 is 19.3 Å². The average molecular weight is 503 g/mol. The van der Waals surface area contributed by atoms with Crippen molar-refractivity contribution in [1.29, 1.82) is 0 Å². The van der Waals surface area contributed by atoms with Crippen LogP contribution in [0.5, 0.6) is 17.2 Å². The molecule has 0 aliphatic carbocycles. The first-order valence-electron chi connectivity index (χ1n) is 10.5. The summed E-state index contributed by atoms with van der Waals surface area (Å²) in [6.07, 6.45) is 2.64. The normalized spacial score (nSPS) is 11.6. The van der Waals surface area contributed by atoms with E-state index in [4.69, 9.17) is 31.5 Å². The fraction of sp³-hybridized carbons (Fsp3) is 0.280. The first-order valence-corrected chi connectivity index (χ1v) is 13.1. The third kappa shape index (κ3) is 6.90. The lowest BCUT2D eigenvalue weighted by Gasteiger charge is -2.18. The summed E-state index contributed by atoms with van der Waals surface area (Å²) < 4.78 is 18.3. The molecule has 0 spiro atoms. The van der Waals surface area contributed by atoms with Crippen LogP contribution in [0.2, 0.25) is 0 Å². The van der Waals surface area contributed by atoms with Gasteiger partial charge in [-0.2, -0.15) is 0 Å². The largest absolute Gasteiger partial charge is 0.493 e. The van der Waals surface area contributed by atoms with Crippen molar-refractivity contribution in [1.82, 2.24) is 0 Å². The Balaban J connectivity index is 1.50. The first kappa shape index (κ1) is 25.0. The molecule has 0 bridgehead atoms. The van der Waals surface area contributed by atoms with Gasteiger partial charge in [-0.15, -0.1) is 0 Å². The fourth-order valence-electron chi connectivity index (χ4n) is 3.20. The van der Waals surface area contributed by atoms with E-state index in [-0.39, 0.29) is 11.7 Å². The molecule has 1 unspecified atom stereocenters. The molecular formula is C25H26O5S3. The fourth-order valence-corrected chi connectivity index (χ4v) is 5.60. The monoisotopic (exact) mass is 502 g/mol. The van der Waals surface area contributed by atoms with Crippen LogP contribution in [-0.4, -0.2) is 30.9 Å². The number of benzene rings is 2. The number of aliphatic carboxylic acids is 1. The Hall–Kier alpha value is -2.68. The lowest BCUT2D eigenvalue weighted by atomic mass is 10.1. The van der Waals surface area contributed by atoms with Crippen molar-refractivity contribution in [3.8, 4) is 27.7 Å². The molecule has 0 radical (unpaired) electrons. The summed E-state index contributed by atoms with van der Waals surface area (Å²) in [6.45, 7) is 6.18. The zero-order valence-electron chi connectivity index (χ0n) is 18.5. The van der Waals surface area contributed by atoms with Crippen molar-refractivity contribution in [3.63, 3.8) is 0 Å². The summed E-state index contributed by atoms with van der Waals surface area (Å²) in [5, 5.41) is 9.10. The van der Waals surface area contributed by atoms with E-state index in [1.165, 1.54) is 12.0 Å². The molecule has 1 heterocycles. The quantitative estimate of drug-likeness (QED) is 0.121. The second kappa shape index (κ2) is 12.0. The standard InChI is InChI=1S/C25H26O5S3/c1-4-19(30-20-10-7-17(8-11-20)23-15-24(31)33-32-23)6-5-13-29-21-12-9-18(14-22(21)28-3)16(2)25(26)27/h7-12,14-15,19H,2,4-6,13H2,1,3H3,(H,26,27). The van der Waals surface area contributed by atoms with E-state index < -0.39 is 5.97 Å². The number of ether oxygens (including phenoxy) is 3. The van der Waals surface area contributed by atoms with Gasteiger partial charge in [0.05, 0.1) is 25.4 Å². The molecule has 5 nitrogen and oxygen atoms in total. The molecule has 33 heavy (non-hydrogen) atoms. The van der Waals surface area contributed by atoms with Crippen molar-refractivity contribution in [2.45, 2.75) is 32.3 Å². The summed E-state index contributed by atoms with van der Waals surface area (Å²) in [4.78, 5) is 12.3. The molecule has 8 heteroatoms. The lowest BCUT2D eigenvalue weighted by Crippen LogP contribution is -2.16. The third-order valence-electron chi connectivity index (χ3n) is 5.06. The van der Waals surface area contributed by atoms with E-state index in [9.17, 15) is 4.79 Å². The van der Waals surface area contributed by atoms with E-state index >= 15 is 0 Å². The van der Waals surface area contributed by atoms with Gasteiger partial charge >= 0.3 is 5.97 Å². The van der Waals surface area contributed by atoms with Gasteiger partial charge in [0, 0.05) is 4.88 Å². The lowest BCUT2D eigenvalue weighted by molar-refractivity contribution is -0.130. The van der Waals surface area contributed by atoms with Crippen molar-refractivity contribution in [3.05, 3.63) is 64.5 Å². The summed E-state index contributed by atoms with van der Waals surface area (Å²) in [5.74, 6) is 0.832. The summed E-state index contributed by atoms with van der Waals surface area (Å²) in [7, 11) is 4.82. The Labute approximate surface area is 206 Å². The Bertz CT molecular complexity index is 1150. The van der Waals surface area contributed by atoms with Gasteiger partial charge in [-0.3, -0.25) is 0 Å². The van der Waals surface area contributed by atoms with E-state index in [1.54, 1.807) is 38.9 Å². The van der Waals surface area contributed by atoms with Gasteiger partial charge in [-0.05, 0) is 72.9 Å². The number of carboxylic acid groups (broad SMARTS) is 1. The number of carboxylic acids is 1. The van der Waals surface area contributed by atoms with Crippen LogP contribution >= 0.6 is 32.9 Å². The maximum Gasteiger partial charge on any atom is 0.335 e. The van der Waals surface area contributed by atoms with Crippen molar-refractivity contribution < 1.29 is 24.1 Å². The topological polar surface area (TPSA) is 65.0 Å². The van der Waals surface area contributed by atoms with Crippen LogP contribution in [-0.2, 0) is 4.79 Å². The van der Waals surface area contributed by atoms with E-state index in [0.717, 1.165) is 34.4 Å². The van der Waals surface area contributed by atoms with Gasteiger partial charge in [0.1, 0.15) is 9.57 Å². The minimum atomic E-state index is -1.07. The van der Waals surface area contributed by atoms with Crippen LogP contribution in [0.1, 0.15) is 31.7 Å². The molecule has 1 N–H and O–H groups in total. The number of rotatable bonds is 12. The summed E-state index contributed by atoms with van der Waals surface area (Å²) >= 11 is 5.21. The second-order valence-corrected chi connectivity index (χ2v) is 10.2. The number of carbonyl (C=O) groups is 1. The second-order valence-electron chi connectivity index (χ2n) is 7.31. The van der Waals surface area contributed by atoms with E-state index in [2.05, 4.69) is 25.6 Å². The average Bonchev–Trinajstić information content (AvgIpc) is 3.27. The van der Waals surface area contributed by atoms with Gasteiger partial charge in [0.2, 0.25) is 0 Å². The smallest absolute Gasteiger partial charge is 0.335 e. The van der Waals surface area contributed by atoms with Gasteiger partial charge in [-0.1, -0.05) is 52.5 Å². The van der Waals surface area contributed by atoms with Crippen molar-refractivity contribution >= 4 is 44.4 Å². The van der Waals surface area contributed by atoms with Crippen LogP contribution < -0.4 is 14.2 Å². The summed E-state index contributed by atoms with van der Waals surface area (Å²) in [6, 6.07) is 15.2. The Morgan fingerprint density at radius 3 is 2.48 bits per heavy atom. The SMILES string of the molecule is C=C(C(=O)O)c1ccc(OCCCC(CC)Oc2ccc(-c3cc(=S)ss3)cc2)c(OC)c1. The molecule has 2 aromatic carbocycles. The highest BCUT2D eigenvalue weighted by molar-refractivity contribution is 7.80. The molecule has 0 saturated heterocycles. The molecular weight excluding hydrogens is 476 g/mol. The molecule has 0 aliphatic rings. The van der Waals surface area contributed by atoms with Crippen molar-refractivity contribution in [2.75, 3.05) is 13.7 Å². The Kier molecular flexibility index (Phi) is 9.05. The molecule has 0 saturated carbocycles. The Morgan fingerprint density at radius 2 is 1.88 bits per heavy atom. The molecule has 3 aromatic rings. The minimum absolute atomic E-state index is 0.0110. The maximum atomic E-state index is 11.1. The van der Waals surface area contributed by atoms with Crippen LogP contribution in [0.25, 0.3) is 16.0 Å². The van der Waals surface area contributed by atoms with Gasteiger partial charge in [-0.25, -0.2) is 4.79 Å². The predicted molar refractivity (Wildman–Crippen MR) is 138 cm³/mol. The number of hydrogen-bond acceptors (Lipinski definition) is 7. The van der Waals surface area contributed by atoms with E-state index in [1.807, 2.05) is 18.2 Å². The molecule has 0 aliphatic heterocycles. The zero-order valence-corrected chi connectivity index (χ0v) is 21.0. The molecule has 1 atom stereocenters. The Morgan fingerprint density at radius 1 is 1.12 bits per heavy atom. The molecule has 0 amide bonds. The van der Waals surface area contributed by atoms with Crippen LogP contribution in [0.15, 0.2) is 55.1 Å². The molecule has 3 rings (SSSR count). The highest BCUT2D eigenvalue weighted by atomic mass is 32.9. The highest BCUT2D eigenvalue weighted by Crippen LogP contribution is 2.32. The van der Waals surface area contributed by atoms with Gasteiger partial charge in [0.15, 0.2) is 11.5 Å².